The molecular weight excluding hydrogens is 325 g/mol. The number of carbonyl (C=O) groups is 1. The van der Waals surface area contributed by atoms with Crippen LogP contribution in [0.5, 0.6) is 0 Å². The molecule has 0 aliphatic carbocycles. The molecule has 1 fully saturated rings. The van der Waals surface area contributed by atoms with Crippen molar-refractivity contribution in [1.29, 1.82) is 0 Å². The van der Waals surface area contributed by atoms with Crippen LogP contribution in [0.4, 0.5) is 13.2 Å². The number of aromatic nitrogens is 2. The van der Waals surface area contributed by atoms with E-state index in [0.29, 0.717) is 31.7 Å². The second-order valence-electron chi connectivity index (χ2n) is 5.43. The summed E-state index contributed by atoms with van der Waals surface area (Å²) < 4.78 is 41.9. The van der Waals surface area contributed by atoms with Crippen LogP contribution in [0.15, 0.2) is 34.7 Å². The van der Waals surface area contributed by atoms with Gasteiger partial charge in [0.1, 0.15) is 0 Å². The number of hydrogen-bond donors (Lipinski definition) is 0. The van der Waals surface area contributed by atoms with Crippen LogP contribution in [0.2, 0.25) is 0 Å². The first-order chi connectivity index (χ1) is 11.4. The Morgan fingerprint density at radius 1 is 1.08 bits per heavy atom. The number of alkyl halides is 3. The molecule has 24 heavy (non-hydrogen) atoms. The standard InChI is InChI=1S/C15H15F3N4O2/c16-15(17,18)14-20-19-12(24-14)10-21-6-8-22(9-7-21)13(23)11-4-2-1-3-5-11/h1-5H,6-10H2. The lowest BCUT2D eigenvalue weighted by atomic mass is 10.2. The van der Waals surface area contributed by atoms with Crippen molar-refractivity contribution in [2.24, 2.45) is 0 Å². The molecule has 6 nitrogen and oxygen atoms in total. The maximum Gasteiger partial charge on any atom is 0.470 e. The molecule has 1 aliphatic rings. The first kappa shape index (κ1) is 16.4. The predicted octanol–water partition coefficient (Wildman–Crippen LogP) is 2.05. The number of hydrogen-bond acceptors (Lipinski definition) is 5. The average Bonchev–Trinajstić information content (AvgIpc) is 3.05. The molecule has 1 aliphatic heterocycles. The zero-order valence-corrected chi connectivity index (χ0v) is 12.7. The molecule has 128 valence electrons. The lowest BCUT2D eigenvalue weighted by Crippen LogP contribution is -2.48. The lowest BCUT2D eigenvalue weighted by molar-refractivity contribution is -0.157. The Balaban J connectivity index is 1.54. The number of piperazine rings is 1. The normalized spacial score (nSPS) is 16.4. The molecule has 0 N–H and O–H groups in total. The quantitative estimate of drug-likeness (QED) is 0.856. The van der Waals surface area contributed by atoms with Crippen LogP contribution in [0.1, 0.15) is 22.1 Å². The topological polar surface area (TPSA) is 62.5 Å². The maximum absolute atomic E-state index is 12.4. The molecule has 0 bridgehead atoms. The van der Waals surface area contributed by atoms with Crippen LogP contribution in [0.25, 0.3) is 0 Å². The zero-order valence-electron chi connectivity index (χ0n) is 12.7. The van der Waals surface area contributed by atoms with Crippen LogP contribution >= 0.6 is 0 Å². The van der Waals surface area contributed by atoms with Crippen molar-refractivity contribution in [3.8, 4) is 0 Å². The summed E-state index contributed by atoms with van der Waals surface area (Å²) in [7, 11) is 0. The smallest absolute Gasteiger partial charge is 0.416 e. The van der Waals surface area contributed by atoms with E-state index >= 15 is 0 Å². The SMILES string of the molecule is O=C(c1ccccc1)N1CCN(Cc2nnc(C(F)(F)F)o2)CC1. The van der Waals surface area contributed by atoms with E-state index in [4.69, 9.17) is 0 Å². The highest BCUT2D eigenvalue weighted by molar-refractivity contribution is 5.94. The summed E-state index contributed by atoms with van der Waals surface area (Å²) >= 11 is 0. The summed E-state index contributed by atoms with van der Waals surface area (Å²) in [5.74, 6) is -1.46. The molecule has 0 saturated carbocycles. The van der Waals surface area contributed by atoms with Crippen molar-refractivity contribution in [1.82, 2.24) is 20.0 Å². The first-order valence-electron chi connectivity index (χ1n) is 7.40. The van der Waals surface area contributed by atoms with E-state index in [-0.39, 0.29) is 18.3 Å². The Bertz CT molecular complexity index is 694. The third-order valence-corrected chi connectivity index (χ3v) is 3.75. The van der Waals surface area contributed by atoms with Crippen molar-refractivity contribution < 1.29 is 22.4 Å². The molecule has 1 aromatic carbocycles. The van der Waals surface area contributed by atoms with E-state index in [1.165, 1.54) is 0 Å². The lowest BCUT2D eigenvalue weighted by Gasteiger charge is -2.34. The van der Waals surface area contributed by atoms with Gasteiger partial charge < -0.3 is 9.32 Å². The fourth-order valence-electron chi connectivity index (χ4n) is 2.50. The second-order valence-corrected chi connectivity index (χ2v) is 5.43. The van der Waals surface area contributed by atoms with Gasteiger partial charge in [-0.15, -0.1) is 10.2 Å². The molecule has 1 saturated heterocycles. The first-order valence-corrected chi connectivity index (χ1v) is 7.40. The molecule has 2 aromatic rings. The number of benzene rings is 1. The summed E-state index contributed by atoms with van der Waals surface area (Å²) in [6, 6.07) is 8.96. The van der Waals surface area contributed by atoms with E-state index in [0.717, 1.165) is 0 Å². The number of halogens is 3. The predicted molar refractivity (Wildman–Crippen MR) is 76.9 cm³/mol. The van der Waals surface area contributed by atoms with Gasteiger partial charge in [0, 0.05) is 31.7 Å². The van der Waals surface area contributed by atoms with Gasteiger partial charge in [0.15, 0.2) is 0 Å². The molecule has 0 atom stereocenters. The zero-order chi connectivity index (χ0) is 17.2. The van der Waals surface area contributed by atoms with E-state index in [1.54, 1.807) is 29.2 Å². The third kappa shape index (κ3) is 3.73. The number of amides is 1. The summed E-state index contributed by atoms with van der Waals surface area (Å²) in [5, 5.41) is 6.42. The molecule has 2 heterocycles. The Hall–Kier alpha value is -2.42. The molecule has 0 spiro atoms. The third-order valence-electron chi connectivity index (χ3n) is 3.75. The van der Waals surface area contributed by atoms with Gasteiger partial charge in [-0.25, -0.2) is 0 Å². The number of carbonyl (C=O) groups excluding carboxylic acids is 1. The van der Waals surface area contributed by atoms with Crippen molar-refractivity contribution in [3.63, 3.8) is 0 Å². The molecule has 0 radical (unpaired) electrons. The van der Waals surface area contributed by atoms with Crippen molar-refractivity contribution in [2.75, 3.05) is 26.2 Å². The van der Waals surface area contributed by atoms with Gasteiger partial charge in [-0.1, -0.05) is 18.2 Å². The summed E-state index contributed by atoms with van der Waals surface area (Å²) in [6.07, 6.45) is -4.63. The number of nitrogens with zero attached hydrogens (tertiary/aromatic N) is 4. The van der Waals surface area contributed by atoms with Gasteiger partial charge in [-0.3, -0.25) is 9.69 Å². The highest BCUT2D eigenvalue weighted by Crippen LogP contribution is 2.27. The minimum atomic E-state index is -4.63. The molecule has 9 heteroatoms. The van der Waals surface area contributed by atoms with Crippen molar-refractivity contribution in [2.45, 2.75) is 12.7 Å². The average molecular weight is 340 g/mol. The van der Waals surface area contributed by atoms with E-state index in [1.807, 2.05) is 11.0 Å². The minimum Gasteiger partial charge on any atom is -0.416 e. The molecule has 1 aromatic heterocycles. The van der Waals surface area contributed by atoms with Crippen molar-refractivity contribution >= 4 is 5.91 Å². The van der Waals surface area contributed by atoms with Gasteiger partial charge in [0.25, 0.3) is 5.91 Å². The van der Waals surface area contributed by atoms with Crippen LogP contribution in [-0.4, -0.2) is 52.1 Å². The maximum atomic E-state index is 12.4. The van der Waals surface area contributed by atoms with Crippen LogP contribution < -0.4 is 0 Å². The Labute approximate surface area is 135 Å². The highest BCUT2D eigenvalue weighted by Gasteiger charge is 2.38. The van der Waals surface area contributed by atoms with Gasteiger partial charge in [-0.2, -0.15) is 13.2 Å². The van der Waals surface area contributed by atoms with Crippen molar-refractivity contribution in [3.05, 3.63) is 47.7 Å². The van der Waals surface area contributed by atoms with E-state index in [2.05, 4.69) is 14.6 Å². The summed E-state index contributed by atoms with van der Waals surface area (Å²) in [6.45, 7) is 2.18. The molecular formula is C15H15F3N4O2. The van der Waals surface area contributed by atoms with Gasteiger partial charge in [0.2, 0.25) is 5.89 Å². The van der Waals surface area contributed by atoms with Gasteiger partial charge in [0.05, 0.1) is 6.54 Å². The summed E-state index contributed by atoms with van der Waals surface area (Å²) in [5.41, 5.74) is 0.623. The van der Waals surface area contributed by atoms with E-state index < -0.39 is 12.1 Å². The van der Waals surface area contributed by atoms with Gasteiger partial charge in [-0.05, 0) is 12.1 Å². The Morgan fingerprint density at radius 2 is 1.75 bits per heavy atom. The van der Waals surface area contributed by atoms with Crippen LogP contribution in [0, 0.1) is 0 Å². The molecule has 1 amide bonds. The summed E-state index contributed by atoms with van der Waals surface area (Å²) in [4.78, 5) is 15.9. The monoisotopic (exact) mass is 340 g/mol. The van der Waals surface area contributed by atoms with E-state index in [9.17, 15) is 18.0 Å². The van der Waals surface area contributed by atoms with Crippen LogP contribution in [0.3, 0.4) is 0 Å². The highest BCUT2D eigenvalue weighted by atomic mass is 19.4. The second kappa shape index (κ2) is 6.60. The fourth-order valence-corrected chi connectivity index (χ4v) is 2.50. The Kier molecular flexibility index (Phi) is 4.52. The number of rotatable bonds is 3. The minimum absolute atomic E-state index is 0.0487. The largest absolute Gasteiger partial charge is 0.470 e. The molecule has 0 unspecified atom stereocenters. The molecule has 3 rings (SSSR count). The Morgan fingerprint density at radius 3 is 2.33 bits per heavy atom. The van der Waals surface area contributed by atoms with Crippen LogP contribution in [-0.2, 0) is 12.7 Å². The van der Waals surface area contributed by atoms with Gasteiger partial charge >= 0.3 is 12.1 Å². The fraction of sp³-hybridized carbons (Fsp3) is 0.400.